The summed E-state index contributed by atoms with van der Waals surface area (Å²) in [5, 5.41) is 18.2. The molecule has 1 aliphatic carbocycles. The average molecular weight is 419 g/mol. The first kappa shape index (κ1) is 19.6. The minimum absolute atomic E-state index is 0.122. The molecule has 4 heterocycles. The molecule has 3 aromatic heterocycles. The smallest absolute Gasteiger partial charge is 0.225 e. The van der Waals surface area contributed by atoms with E-state index in [1.54, 1.807) is 11.6 Å². The van der Waals surface area contributed by atoms with Gasteiger partial charge in [-0.3, -0.25) is 9.48 Å². The molecule has 5 rings (SSSR count). The second kappa shape index (κ2) is 7.71. The van der Waals surface area contributed by atoms with E-state index in [-0.39, 0.29) is 23.9 Å². The Kier molecular flexibility index (Phi) is 4.87. The lowest BCUT2D eigenvalue weighted by molar-refractivity contribution is -0.140. The van der Waals surface area contributed by atoms with E-state index in [4.69, 9.17) is 10.5 Å². The number of piperidine rings is 1. The second-order valence-corrected chi connectivity index (χ2v) is 8.45. The molecule has 1 saturated carbocycles. The van der Waals surface area contributed by atoms with Crippen molar-refractivity contribution in [3.05, 3.63) is 36.4 Å². The van der Waals surface area contributed by atoms with Gasteiger partial charge in [-0.15, -0.1) is 0 Å². The minimum atomic E-state index is 0.122. The van der Waals surface area contributed by atoms with Gasteiger partial charge in [-0.05, 0) is 31.7 Å². The van der Waals surface area contributed by atoms with Crippen LogP contribution in [0.3, 0.4) is 0 Å². The van der Waals surface area contributed by atoms with E-state index in [0.29, 0.717) is 16.8 Å². The molecule has 9 heteroatoms. The van der Waals surface area contributed by atoms with Gasteiger partial charge >= 0.3 is 0 Å². The highest BCUT2D eigenvalue weighted by molar-refractivity contribution is 5.80. The zero-order valence-electron chi connectivity index (χ0n) is 17.4. The number of nitriles is 1. The van der Waals surface area contributed by atoms with E-state index >= 15 is 0 Å². The predicted molar refractivity (Wildman–Crippen MR) is 113 cm³/mol. The van der Waals surface area contributed by atoms with E-state index in [9.17, 15) is 10.1 Å². The van der Waals surface area contributed by atoms with E-state index in [1.807, 2.05) is 34.2 Å². The SMILES string of the molecule is COc1cc(-c2cnn(C3CCN(C(=O)[C@H]4C[C@@H](N)C4)CC3)c2)cn2ncc(C#N)c12. The number of nitrogens with two attached hydrogens (primary N) is 1. The van der Waals surface area contributed by atoms with Gasteiger partial charge in [-0.2, -0.15) is 15.5 Å². The fourth-order valence-electron chi connectivity index (χ4n) is 4.64. The van der Waals surface area contributed by atoms with Crippen LogP contribution >= 0.6 is 0 Å². The molecule has 3 aromatic rings. The summed E-state index contributed by atoms with van der Waals surface area (Å²) in [6.45, 7) is 1.52. The molecule has 0 aromatic carbocycles. The molecular formula is C22H25N7O2. The van der Waals surface area contributed by atoms with Crippen LogP contribution in [0.15, 0.2) is 30.9 Å². The Morgan fingerprint density at radius 3 is 2.65 bits per heavy atom. The van der Waals surface area contributed by atoms with Crippen molar-refractivity contribution in [3.63, 3.8) is 0 Å². The maximum atomic E-state index is 12.6. The Morgan fingerprint density at radius 2 is 1.97 bits per heavy atom. The third-order valence-electron chi connectivity index (χ3n) is 6.53. The van der Waals surface area contributed by atoms with Crippen LogP contribution in [0.5, 0.6) is 5.75 Å². The quantitative estimate of drug-likeness (QED) is 0.692. The van der Waals surface area contributed by atoms with E-state index in [2.05, 4.69) is 16.3 Å². The first-order chi connectivity index (χ1) is 15.1. The van der Waals surface area contributed by atoms with Crippen molar-refractivity contribution in [1.82, 2.24) is 24.3 Å². The lowest BCUT2D eigenvalue weighted by Gasteiger charge is -2.38. The number of amides is 1. The van der Waals surface area contributed by atoms with Crippen LogP contribution in [0.4, 0.5) is 0 Å². The molecule has 0 bridgehead atoms. The van der Waals surface area contributed by atoms with Crippen LogP contribution in [0, 0.1) is 17.2 Å². The zero-order chi connectivity index (χ0) is 21.5. The molecule has 2 N–H and O–H groups in total. The number of hydrogen-bond acceptors (Lipinski definition) is 6. The topological polar surface area (TPSA) is 114 Å². The summed E-state index contributed by atoms with van der Waals surface area (Å²) >= 11 is 0. The highest BCUT2D eigenvalue weighted by Gasteiger charge is 2.36. The molecule has 0 unspecified atom stereocenters. The van der Waals surface area contributed by atoms with Crippen LogP contribution in [0.1, 0.15) is 37.3 Å². The number of aromatic nitrogens is 4. The van der Waals surface area contributed by atoms with Crippen molar-refractivity contribution in [2.75, 3.05) is 20.2 Å². The van der Waals surface area contributed by atoms with Crippen molar-refractivity contribution >= 4 is 11.4 Å². The lowest BCUT2D eigenvalue weighted by atomic mass is 9.79. The fourth-order valence-corrected chi connectivity index (χ4v) is 4.64. The van der Waals surface area contributed by atoms with Gasteiger partial charge in [0.2, 0.25) is 5.91 Å². The summed E-state index contributed by atoms with van der Waals surface area (Å²) in [7, 11) is 1.59. The lowest BCUT2D eigenvalue weighted by Crippen LogP contribution is -2.49. The van der Waals surface area contributed by atoms with E-state index < -0.39 is 0 Å². The first-order valence-electron chi connectivity index (χ1n) is 10.6. The first-order valence-corrected chi connectivity index (χ1v) is 10.6. The van der Waals surface area contributed by atoms with Crippen LogP contribution in [-0.4, -0.2) is 56.4 Å². The van der Waals surface area contributed by atoms with Crippen molar-refractivity contribution < 1.29 is 9.53 Å². The Hall–Kier alpha value is -3.38. The van der Waals surface area contributed by atoms with Crippen LogP contribution in [0.25, 0.3) is 16.6 Å². The van der Waals surface area contributed by atoms with Crippen molar-refractivity contribution in [3.8, 4) is 22.9 Å². The molecule has 9 nitrogen and oxygen atoms in total. The molecule has 1 saturated heterocycles. The summed E-state index contributed by atoms with van der Waals surface area (Å²) in [6.07, 6.45) is 10.7. The number of carbonyl (C=O) groups is 1. The molecule has 31 heavy (non-hydrogen) atoms. The maximum Gasteiger partial charge on any atom is 0.225 e. The Bertz CT molecular complexity index is 1160. The zero-order valence-corrected chi connectivity index (χ0v) is 17.4. The normalized spacial score (nSPS) is 21.6. The van der Waals surface area contributed by atoms with Crippen molar-refractivity contribution in [2.45, 2.75) is 37.8 Å². The summed E-state index contributed by atoms with van der Waals surface area (Å²) in [4.78, 5) is 14.5. The van der Waals surface area contributed by atoms with Gasteiger partial charge in [-0.1, -0.05) is 0 Å². The van der Waals surface area contributed by atoms with Gasteiger partial charge in [0.05, 0.1) is 25.5 Å². The average Bonchev–Trinajstić information content (AvgIpc) is 3.43. The number of fused-ring (bicyclic) bond motifs is 1. The summed E-state index contributed by atoms with van der Waals surface area (Å²) in [6, 6.07) is 4.51. The van der Waals surface area contributed by atoms with Gasteiger partial charge in [-0.25, -0.2) is 4.52 Å². The second-order valence-electron chi connectivity index (χ2n) is 8.45. The molecule has 0 radical (unpaired) electrons. The molecular weight excluding hydrogens is 394 g/mol. The molecule has 1 amide bonds. The van der Waals surface area contributed by atoms with E-state index in [1.165, 1.54) is 6.20 Å². The summed E-state index contributed by atoms with van der Waals surface area (Å²) < 4.78 is 9.17. The van der Waals surface area contributed by atoms with Gasteiger partial charge in [0.1, 0.15) is 22.9 Å². The van der Waals surface area contributed by atoms with Gasteiger partial charge in [0.25, 0.3) is 0 Å². The Balaban J connectivity index is 1.31. The monoisotopic (exact) mass is 419 g/mol. The number of hydrogen-bond donors (Lipinski definition) is 1. The largest absolute Gasteiger partial charge is 0.494 e. The molecule has 160 valence electrons. The van der Waals surface area contributed by atoms with Gasteiger partial charge in [0, 0.05) is 48.6 Å². The van der Waals surface area contributed by atoms with Crippen LogP contribution < -0.4 is 10.5 Å². The Morgan fingerprint density at radius 1 is 1.19 bits per heavy atom. The van der Waals surface area contributed by atoms with Crippen molar-refractivity contribution in [1.29, 1.82) is 5.26 Å². The van der Waals surface area contributed by atoms with E-state index in [0.717, 1.165) is 49.9 Å². The fraction of sp³-hybridized carbons (Fsp3) is 0.455. The molecule has 0 spiro atoms. The van der Waals surface area contributed by atoms with Crippen molar-refractivity contribution in [2.24, 2.45) is 11.7 Å². The highest BCUT2D eigenvalue weighted by Crippen LogP contribution is 2.32. The number of ether oxygens (including phenoxy) is 1. The number of pyridine rings is 1. The number of nitrogens with zero attached hydrogens (tertiary/aromatic N) is 6. The third kappa shape index (κ3) is 3.43. The minimum Gasteiger partial charge on any atom is -0.494 e. The van der Waals surface area contributed by atoms with Crippen LogP contribution in [-0.2, 0) is 4.79 Å². The maximum absolute atomic E-state index is 12.6. The predicted octanol–water partition coefficient (Wildman–Crippen LogP) is 1.98. The number of carbonyl (C=O) groups excluding carboxylic acids is 1. The number of likely N-dealkylation sites (tertiary alicyclic amines) is 1. The molecule has 2 fully saturated rings. The summed E-state index contributed by atoms with van der Waals surface area (Å²) in [5.74, 6) is 0.982. The summed E-state index contributed by atoms with van der Waals surface area (Å²) in [5.41, 5.74) is 8.83. The number of rotatable bonds is 4. The molecule has 1 aliphatic heterocycles. The third-order valence-corrected chi connectivity index (χ3v) is 6.53. The van der Waals surface area contributed by atoms with Gasteiger partial charge in [0.15, 0.2) is 0 Å². The molecule has 2 aliphatic rings. The molecule has 0 atom stereocenters. The standard InChI is InChI=1S/C22H25N7O2/c1-31-20-8-15(12-29-21(20)16(9-23)10-26-29)17-11-25-28(13-17)19-2-4-27(5-3-19)22(30)14-6-18(24)7-14/h8,10-14,18-19H,2-7,24H2,1H3/t14-,18+. The Labute approximate surface area is 180 Å². The van der Waals surface area contributed by atoms with Crippen LogP contribution in [0.2, 0.25) is 0 Å². The highest BCUT2D eigenvalue weighted by atomic mass is 16.5. The number of methoxy groups -OCH3 is 1. The van der Waals surface area contributed by atoms with Gasteiger partial charge < -0.3 is 15.4 Å².